The molecule has 26 heavy (non-hydrogen) atoms. The molecule has 0 bridgehead atoms. The molecule has 0 saturated carbocycles. The average Bonchev–Trinajstić information content (AvgIpc) is 2.65. The molecule has 0 saturated heterocycles. The number of amides is 1. The van der Waals surface area contributed by atoms with Crippen molar-refractivity contribution in [2.24, 2.45) is 0 Å². The van der Waals surface area contributed by atoms with E-state index in [0.29, 0.717) is 42.7 Å². The van der Waals surface area contributed by atoms with Crippen molar-refractivity contribution in [3.63, 3.8) is 0 Å². The molecule has 2 rings (SSSR count). The first-order valence-electron chi connectivity index (χ1n) is 8.27. The summed E-state index contributed by atoms with van der Waals surface area (Å²) < 4.78 is 10.5. The van der Waals surface area contributed by atoms with Gasteiger partial charge in [-0.15, -0.1) is 6.58 Å². The Balaban J connectivity index is 1.96. The number of ether oxygens (including phenoxy) is 2. The van der Waals surface area contributed by atoms with Gasteiger partial charge in [-0.05, 0) is 37.1 Å². The van der Waals surface area contributed by atoms with Crippen LogP contribution in [-0.2, 0) is 6.42 Å². The smallest absolute Gasteiger partial charge is 0.270 e. The van der Waals surface area contributed by atoms with Crippen LogP contribution in [0.15, 0.2) is 36.9 Å². The van der Waals surface area contributed by atoms with E-state index in [1.54, 1.807) is 26.4 Å². The molecule has 0 atom stereocenters. The molecular weight excluding hydrogens is 332 g/mol. The van der Waals surface area contributed by atoms with E-state index in [9.17, 15) is 4.79 Å². The Morgan fingerprint density at radius 2 is 1.96 bits per heavy atom. The third-order valence-electron chi connectivity index (χ3n) is 3.64. The number of anilines is 1. The SMILES string of the molecule is C=CCNc1nc(C)cc(C(=O)NCCc2ccc(OC)c(OC)c2)n1. The Labute approximate surface area is 153 Å². The highest BCUT2D eigenvalue weighted by atomic mass is 16.5. The summed E-state index contributed by atoms with van der Waals surface area (Å²) >= 11 is 0. The zero-order chi connectivity index (χ0) is 18.9. The van der Waals surface area contributed by atoms with Gasteiger partial charge in [0, 0.05) is 18.8 Å². The number of methoxy groups -OCH3 is 2. The lowest BCUT2D eigenvalue weighted by Crippen LogP contribution is -2.27. The lowest BCUT2D eigenvalue weighted by Gasteiger charge is -2.10. The summed E-state index contributed by atoms with van der Waals surface area (Å²) in [7, 11) is 3.19. The Morgan fingerprint density at radius 1 is 1.19 bits per heavy atom. The molecule has 138 valence electrons. The predicted molar refractivity (Wildman–Crippen MR) is 101 cm³/mol. The molecular formula is C19H24N4O3. The Kier molecular flexibility index (Phi) is 6.96. The number of carbonyl (C=O) groups is 1. The number of rotatable bonds is 9. The molecule has 1 aromatic carbocycles. The second kappa shape index (κ2) is 9.41. The third-order valence-corrected chi connectivity index (χ3v) is 3.64. The molecule has 7 heteroatoms. The quantitative estimate of drug-likeness (QED) is 0.671. The monoisotopic (exact) mass is 356 g/mol. The number of carbonyl (C=O) groups excluding carboxylic acids is 1. The minimum atomic E-state index is -0.238. The summed E-state index contributed by atoms with van der Waals surface area (Å²) in [6.07, 6.45) is 2.37. The van der Waals surface area contributed by atoms with Gasteiger partial charge in [0.05, 0.1) is 14.2 Å². The van der Waals surface area contributed by atoms with Crippen LogP contribution in [0.4, 0.5) is 5.95 Å². The largest absolute Gasteiger partial charge is 0.493 e. The van der Waals surface area contributed by atoms with E-state index in [1.807, 2.05) is 25.1 Å². The molecule has 0 aliphatic heterocycles. The predicted octanol–water partition coefficient (Wildman–Crippen LogP) is 2.37. The number of benzene rings is 1. The lowest BCUT2D eigenvalue weighted by molar-refractivity contribution is 0.0949. The fourth-order valence-corrected chi connectivity index (χ4v) is 2.37. The first kappa shape index (κ1) is 19.2. The van der Waals surface area contributed by atoms with E-state index in [4.69, 9.17) is 9.47 Å². The highest BCUT2D eigenvalue weighted by molar-refractivity contribution is 5.92. The number of nitrogens with zero attached hydrogens (tertiary/aromatic N) is 2. The molecule has 1 aromatic heterocycles. The summed E-state index contributed by atoms with van der Waals surface area (Å²) in [6.45, 7) is 6.47. The van der Waals surface area contributed by atoms with Crippen molar-refractivity contribution >= 4 is 11.9 Å². The summed E-state index contributed by atoms with van der Waals surface area (Å²) in [5, 5.41) is 5.86. The van der Waals surface area contributed by atoms with E-state index in [1.165, 1.54) is 0 Å². The first-order chi connectivity index (χ1) is 12.6. The number of nitrogens with one attached hydrogen (secondary N) is 2. The van der Waals surface area contributed by atoms with Gasteiger partial charge in [0.2, 0.25) is 5.95 Å². The summed E-state index contributed by atoms with van der Waals surface area (Å²) in [4.78, 5) is 20.8. The normalized spacial score (nSPS) is 10.1. The van der Waals surface area contributed by atoms with Gasteiger partial charge in [0.25, 0.3) is 5.91 Å². The summed E-state index contributed by atoms with van der Waals surface area (Å²) in [5.74, 6) is 1.52. The van der Waals surface area contributed by atoms with Crippen molar-refractivity contribution in [1.82, 2.24) is 15.3 Å². The highest BCUT2D eigenvalue weighted by Crippen LogP contribution is 2.27. The van der Waals surface area contributed by atoms with Gasteiger partial charge >= 0.3 is 0 Å². The van der Waals surface area contributed by atoms with Crippen LogP contribution in [0.25, 0.3) is 0 Å². The number of hydrogen-bond acceptors (Lipinski definition) is 6. The maximum Gasteiger partial charge on any atom is 0.270 e. The molecule has 2 aromatic rings. The molecule has 7 nitrogen and oxygen atoms in total. The van der Waals surface area contributed by atoms with Crippen LogP contribution in [0, 0.1) is 6.92 Å². The summed E-state index contributed by atoms with van der Waals surface area (Å²) in [5.41, 5.74) is 2.09. The maximum absolute atomic E-state index is 12.3. The Morgan fingerprint density at radius 3 is 2.65 bits per heavy atom. The van der Waals surface area contributed by atoms with Gasteiger partial charge in [-0.3, -0.25) is 4.79 Å². The van der Waals surface area contributed by atoms with Crippen molar-refractivity contribution in [1.29, 1.82) is 0 Å². The topological polar surface area (TPSA) is 85.4 Å². The molecule has 0 spiro atoms. The van der Waals surface area contributed by atoms with E-state index < -0.39 is 0 Å². The van der Waals surface area contributed by atoms with Crippen molar-refractivity contribution in [3.05, 3.63) is 53.9 Å². The first-order valence-corrected chi connectivity index (χ1v) is 8.27. The second-order valence-corrected chi connectivity index (χ2v) is 5.58. The molecule has 1 heterocycles. The minimum absolute atomic E-state index is 0.238. The summed E-state index contributed by atoms with van der Waals surface area (Å²) in [6, 6.07) is 7.35. The fraction of sp³-hybridized carbons (Fsp3) is 0.316. The molecule has 0 aliphatic rings. The zero-order valence-corrected chi connectivity index (χ0v) is 15.3. The average molecular weight is 356 g/mol. The highest BCUT2D eigenvalue weighted by Gasteiger charge is 2.10. The maximum atomic E-state index is 12.3. The molecule has 0 radical (unpaired) electrons. The molecule has 0 aliphatic carbocycles. The fourth-order valence-electron chi connectivity index (χ4n) is 2.37. The van der Waals surface area contributed by atoms with E-state index >= 15 is 0 Å². The van der Waals surface area contributed by atoms with Crippen molar-refractivity contribution in [3.8, 4) is 11.5 Å². The van der Waals surface area contributed by atoms with Gasteiger partial charge in [0.1, 0.15) is 5.69 Å². The van der Waals surface area contributed by atoms with Gasteiger partial charge in [-0.1, -0.05) is 12.1 Å². The van der Waals surface area contributed by atoms with Crippen LogP contribution >= 0.6 is 0 Å². The van der Waals surface area contributed by atoms with Crippen molar-refractivity contribution < 1.29 is 14.3 Å². The standard InChI is InChI=1S/C19H24N4O3/c1-5-9-21-19-22-13(2)11-15(23-19)18(24)20-10-8-14-6-7-16(25-3)17(12-14)26-4/h5-7,11-12H,1,8-10H2,2-4H3,(H,20,24)(H,21,22,23). The van der Waals surface area contributed by atoms with Crippen LogP contribution in [0.1, 0.15) is 21.7 Å². The third kappa shape index (κ3) is 5.20. The Bertz CT molecular complexity index is 777. The minimum Gasteiger partial charge on any atom is -0.493 e. The zero-order valence-electron chi connectivity index (χ0n) is 15.3. The molecule has 2 N–H and O–H groups in total. The van der Waals surface area contributed by atoms with Gasteiger partial charge < -0.3 is 20.1 Å². The van der Waals surface area contributed by atoms with Gasteiger partial charge in [-0.2, -0.15) is 0 Å². The Hall–Kier alpha value is -3.09. The second-order valence-electron chi connectivity index (χ2n) is 5.58. The lowest BCUT2D eigenvalue weighted by atomic mass is 10.1. The van der Waals surface area contributed by atoms with Crippen LogP contribution in [0.2, 0.25) is 0 Å². The van der Waals surface area contributed by atoms with Crippen molar-refractivity contribution in [2.45, 2.75) is 13.3 Å². The van der Waals surface area contributed by atoms with Gasteiger partial charge in [-0.25, -0.2) is 9.97 Å². The van der Waals surface area contributed by atoms with Gasteiger partial charge in [0.15, 0.2) is 11.5 Å². The van der Waals surface area contributed by atoms with E-state index in [-0.39, 0.29) is 5.91 Å². The number of hydrogen-bond donors (Lipinski definition) is 2. The van der Waals surface area contributed by atoms with Crippen molar-refractivity contribution in [2.75, 3.05) is 32.6 Å². The van der Waals surface area contributed by atoms with Crippen LogP contribution < -0.4 is 20.1 Å². The molecule has 0 unspecified atom stereocenters. The van der Waals surface area contributed by atoms with E-state index in [2.05, 4.69) is 27.2 Å². The molecule has 0 fully saturated rings. The van der Waals surface area contributed by atoms with E-state index in [0.717, 1.165) is 11.3 Å². The van der Waals surface area contributed by atoms with Crippen LogP contribution in [-0.4, -0.2) is 43.2 Å². The number of aromatic nitrogens is 2. The molecule has 1 amide bonds. The number of aryl methyl sites for hydroxylation is 1. The van der Waals surface area contributed by atoms with Crippen LogP contribution in [0.3, 0.4) is 0 Å². The van der Waals surface area contributed by atoms with Crippen LogP contribution in [0.5, 0.6) is 11.5 Å².